The van der Waals surface area contributed by atoms with Crippen LogP contribution in [0.5, 0.6) is 0 Å². The second-order valence-corrected chi connectivity index (χ2v) is 8.41. The number of hydrogen-bond donors (Lipinski definition) is 1. The maximum Gasteiger partial charge on any atom is 0.261 e. The summed E-state index contributed by atoms with van der Waals surface area (Å²) in [6.07, 6.45) is 2.44. The Bertz CT molecular complexity index is 992. The van der Waals surface area contributed by atoms with Crippen LogP contribution < -0.4 is 5.32 Å². The third-order valence-electron chi connectivity index (χ3n) is 5.24. The van der Waals surface area contributed by atoms with Crippen LogP contribution in [0.25, 0.3) is 0 Å². The van der Waals surface area contributed by atoms with Crippen LogP contribution in [0, 0.1) is 0 Å². The SMILES string of the molecule is O=C(CCCN1C(=O)c2ccc(Br)cc2C1=O)NC1CCc2cc(Cl)ccc21. The van der Waals surface area contributed by atoms with Gasteiger partial charge < -0.3 is 5.32 Å². The van der Waals surface area contributed by atoms with Crippen LogP contribution in [0.1, 0.15) is 57.1 Å². The Hall–Kier alpha value is -2.18. The van der Waals surface area contributed by atoms with Crippen LogP contribution in [0.3, 0.4) is 0 Å². The summed E-state index contributed by atoms with van der Waals surface area (Å²) >= 11 is 9.34. The summed E-state index contributed by atoms with van der Waals surface area (Å²) in [6, 6.07) is 10.8. The minimum absolute atomic E-state index is 0.00331. The highest BCUT2D eigenvalue weighted by Gasteiger charge is 2.35. The summed E-state index contributed by atoms with van der Waals surface area (Å²) in [7, 11) is 0. The van der Waals surface area contributed by atoms with Crippen LogP contribution in [-0.2, 0) is 11.2 Å². The molecule has 0 saturated heterocycles. The van der Waals surface area contributed by atoms with E-state index in [9.17, 15) is 14.4 Å². The second-order valence-electron chi connectivity index (χ2n) is 7.06. The summed E-state index contributed by atoms with van der Waals surface area (Å²) in [5, 5.41) is 3.76. The molecule has 0 aromatic heterocycles. The lowest BCUT2D eigenvalue weighted by Crippen LogP contribution is -2.32. The topological polar surface area (TPSA) is 66.5 Å². The molecule has 1 N–H and O–H groups in total. The van der Waals surface area contributed by atoms with Gasteiger partial charge in [0.25, 0.3) is 11.8 Å². The summed E-state index contributed by atoms with van der Waals surface area (Å²) in [5.74, 6) is -0.676. The first kappa shape index (κ1) is 19.2. The third-order valence-corrected chi connectivity index (χ3v) is 5.96. The maximum atomic E-state index is 12.5. The van der Waals surface area contributed by atoms with E-state index in [1.165, 1.54) is 10.5 Å². The van der Waals surface area contributed by atoms with Gasteiger partial charge >= 0.3 is 0 Å². The zero-order valence-corrected chi connectivity index (χ0v) is 17.3. The van der Waals surface area contributed by atoms with Gasteiger partial charge in [0.2, 0.25) is 5.91 Å². The maximum absolute atomic E-state index is 12.5. The van der Waals surface area contributed by atoms with Crippen LogP contribution in [0.15, 0.2) is 40.9 Å². The monoisotopic (exact) mass is 460 g/mol. The molecule has 1 heterocycles. The fourth-order valence-electron chi connectivity index (χ4n) is 3.87. The summed E-state index contributed by atoms with van der Waals surface area (Å²) in [4.78, 5) is 38.4. The summed E-state index contributed by atoms with van der Waals surface area (Å²) < 4.78 is 0.756. The van der Waals surface area contributed by atoms with Crippen molar-refractivity contribution in [3.63, 3.8) is 0 Å². The van der Waals surface area contributed by atoms with Gasteiger partial charge in [0.1, 0.15) is 0 Å². The number of fused-ring (bicyclic) bond motifs is 2. The first-order chi connectivity index (χ1) is 13.4. The van der Waals surface area contributed by atoms with Crippen molar-refractivity contribution in [2.45, 2.75) is 31.7 Å². The number of benzene rings is 2. The molecule has 2 aromatic rings. The Morgan fingerprint density at radius 2 is 1.93 bits per heavy atom. The van der Waals surface area contributed by atoms with Gasteiger partial charge in [0, 0.05) is 22.5 Å². The standard InChI is InChI=1S/C21H18BrClN2O3/c22-13-4-6-16-17(11-13)21(28)25(20(16)27)9-1-2-19(26)24-18-8-3-12-10-14(23)5-7-15(12)18/h4-7,10-11,18H,1-3,8-9H2,(H,24,26). The number of nitrogens with zero attached hydrogens (tertiary/aromatic N) is 1. The van der Waals surface area contributed by atoms with E-state index in [1.807, 2.05) is 18.2 Å². The molecule has 0 bridgehead atoms. The highest BCUT2D eigenvalue weighted by molar-refractivity contribution is 9.10. The molecule has 0 spiro atoms. The fourth-order valence-corrected chi connectivity index (χ4v) is 4.42. The molecule has 0 radical (unpaired) electrons. The lowest BCUT2D eigenvalue weighted by Gasteiger charge is -2.16. The van der Waals surface area contributed by atoms with Gasteiger partial charge in [-0.05, 0) is 60.7 Å². The van der Waals surface area contributed by atoms with E-state index in [0.29, 0.717) is 22.6 Å². The number of hydrogen-bond acceptors (Lipinski definition) is 3. The number of amides is 3. The lowest BCUT2D eigenvalue weighted by molar-refractivity contribution is -0.122. The average molecular weight is 462 g/mol. The zero-order chi connectivity index (χ0) is 19.8. The molecule has 5 nitrogen and oxygen atoms in total. The normalized spacial score (nSPS) is 17.6. The van der Waals surface area contributed by atoms with Gasteiger partial charge in [-0.1, -0.05) is 33.6 Å². The predicted octanol–water partition coefficient (Wildman–Crippen LogP) is 4.28. The quantitative estimate of drug-likeness (QED) is 0.676. The molecule has 144 valence electrons. The first-order valence-electron chi connectivity index (χ1n) is 9.17. The highest BCUT2D eigenvalue weighted by atomic mass is 79.9. The van der Waals surface area contributed by atoms with Crippen molar-refractivity contribution >= 4 is 45.3 Å². The number of carbonyl (C=O) groups is 3. The molecular weight excluding hydrogens is 444 g/mol. The number of rotatable bonds is 5. The van der Waals surface area contributed by atoms with E-state index in [2.05, 4.69) is 21.2 Å². The number of carbonyl (C=O) groups excluding carboxylic acids is 3. The van der Waals surface area contributed by atoms with E-state index in [1.54, 1.807) is 18.2 Å². The van der Waals surface area contributed by atoms with Gasteiger partial charge in [-0.25, -0.2) is 0 Å². The molecule has 1 atom stereocenters. The molecule has 4 rings (SSSR count). The van der Waals surface area contributed by atoms with Crippen molar-refractivity contribution in [3.05, 3.63) is 68.1 Å². The van der Waals surface area contributed by atoms with Gasteiger partial charge in [0.05, 0.1) is 17.2 Å². The van der Waals surface area contributed by atoms with Crippen molar-refractivity contribution < 1.29 is 14.4 Å². The Kier molecular flexibility index (Phi) is 5.25. The lowest BCUT2D eigenvalue weighted by atomic mass is 10.1. The molecule has 0 saturated carbocycles. The Balaban J connectivity index is 1.31. The van der Waals surface area contributed by atoms with Crippen LogP contribution in [0.2, 0.25) is 5.02 Å². The van der Waals surface area contributed by atoms with Gasteiger partial charge in [0.15, 0.2) is 0 Å². The Morgan fingerprint density at radius 1 is 1.14 bits per heavy atom. The van der Waals surface area contributed by atoms with Gasteiger partial charge in [-0.15, -0.1) is 0 Å². The van der Waals surface area contributed by atoms with Crippen molar-refractivity contribution in [3.8, 4) is 0 Å². The Morgan fingerprint density at radius 3 is 2.75 bits per heavy atom. The number of nitrogens with one attached hydrogen (secondary N) is 1. The van der Waals surface area contributed by atoms with Crippen LogP contribution in [-0.4, -0.2) is 29.2 Å². The molecule has 0 fully saturated rings. The number of halogens is 2. The van der Waals surface area contributed by atoms with E-state index >= 15 is 0 Å². The molecule has 7 heteroatoms. The van der Waals surface area contributed by atoms with E-state index in [4.69, 9.17) is 11.6 Å². The minimum atomic E-state index is -0.302. The van der Waals surface area contributed by atoms with E-state index in [-0.39, 0.29) is 36.7 Å². The van der Waals surface area contributed by atoms with Crippen molar-refractivity contribution in [2.75, 3.05) is 6.54 Å². The average Bonchev–Trinajstić information content (AvgIpc) is 3.15. The number of imide groups is 1. The Labute approximate surface area is 176 Å². The second kappa shape index (κ2) is 7.68. The minimum Gasteiger partial charge on any atom is -0.349 e. The van der Waals surface area contributed by atoms with E-state index < -0.39 is 0 Å². The first-order valence-corrected chi connectivity index (χ1v) is 10.3. The summed E-state index contributed by atoms with van der Waals surface area (Å²) in [5.41, 5.74) is 3.11. The van der Waals surface area contributed by atoms with Crippen LogP contribution in [0.4, 0.5) is 0 Å². The van der Waals surface area contributed by atoms with Crippen molar-refractivity contribution in [1.29, 1.82) is 0 Å². The van der Waals surface area contributed by atoms with Gasteiger partial charge in [-0.2, -0.15) is 0 Å². The largest absolute Gasteiger partial charge is 0.349 e. The molecule has 2 aliphatic rings. The molecule has 1 aliphatic carbocycles. The summed E-state index contributed by atoms with van der Waals surface area (Å²) in [6.45, 7) is 0.230. The zero-order valence-electron chi connectivity index (χ0n) is 15.0. The van der Waals surface area contributed by atoms with Crippen molar-refractivity contribution in [2.24, 2.45) is 0 Å². The number of aryl methyl sites for hydroxylation is 1. The van der Waals surface area contributed by atoms with Gasteiger partial charge in [-0.3, -0.25) is 19.3 Å². The van der Waals surface area contributed by atoms with Crippen LogP contribution >= 0.6 is 27.5 Å². The fraction of sp³-hybridized carbons (Fsp3) is 0.286. The smallest absolute Gasteiger partial charge is 0.261 e. The highest BCUT2D eigenvalue weighted by Crippen LogP contribution is 2.33. The van der Waals surface area contributed by atoms with E-state index in [0.717, 1.165) is 22.9 Å². The molecule has 3 amide bonds. The molecular formula is C21H18BrClN2O3. The molecule has 1 aliphatic heterocycles. The molecule has 1 unspecified atom stereocenters. The third kappa shape index (κ3) is 3.59. The molecule has 2 aromatic carbocycles. The predicted molar refractivity (Wildman–Crippen MR) is 109 cm³/mol. The van der Waals surface area contributed by atoms with Crippen molar-refractivity contribution in [1.82, 2.24) is 10.2 Å². The molecule has 28 heavy (non-hydrogen) atoms.